The number of sulfonamides is 1. The zero-order chi connectivity index (χ0) is 18.9. The molecule has 1 amide bonds. The third kappa shape index (κ3) is 3.73. The molecule has 1 aliphatic heterocycles. The molecule has 1 saturated heterocycles. The number of amides is 1. The largest absolute Gasteiger partial charge is 0.399 e. The van der Waals surface area contributed by atoms with E-state index in [1.165, 1.54) is 21.4 Å². The molecule has 1 aromatic heterocycles. The first kappa shape index (κ1) is 18.4. The summed E-state index contributed by atoms with van der Waals surface area (Å²) in [7, 11) is -1.86. The first-order valence-electron chi connectivity index (χ1n) is 8.43. The number of rotatable bonds is 4. The Morgan fingerprint density at radius 2 is 2.00 bits per heavy atom. The third-order valence-electron chi connectivity index (χ3n) is 4.61. The number of nitrogens with one attached hydrogen (secondary N) is 1. The number of hydrogen-bond donors (Lipinski definition) is 2. The molecule has 2 heterocycles. The molecule has 2 aromatic rings. The number of anilines is 1. The quantitative estimate of drug-likeness (QED) is 0.769. The summed E-state index contributed by atoms with van der Waals surface area (Å²) in [5, 5.41) is 6.91. The van der Waals surface area contributed by atoms with E-state index in [0.717, 1.165) is 5.56 Å². The van der Waals surface area contributed by atoms with Crippen LogP contribution in [0.5, 0.6) is 0 Å². The van der Waals surface area contributed by atoms with Gasteiger partial charge in [-0.15, -0.1) is 0 Å². The molecular weight excluding hydrogens is 354 g/mol. The fourth-order valence-corrected chi connectivity index (χ4v) is 4.52. The number of benzene rings is 1. The average Bonchev–Trinajstić information content (AvgIpc) is 3.05. The summed E-state index contributed by atoms with van der Waals surface area (Å²) in [6, 6.07) is 5.16. The van der Waals surface area contributed by atoms with E-state index < -0.39 is 10.0 Å². The van der Waals surface area contributed by atoms with Gasteiger partial charge in [0.2, 0.25) is 10.0 Å². The van der Waals surface area contributed by atoms with Crippen LogP contribution in [0.25, 0.3) is 0 Å². The summed E-state index contributed by atoms with van der Waals surface area (Å²) in [4.78, 5) is 12.7. The number of carbonyl (C=O) groups excluding carboxylic acids is 1. The van der Waals surface area contributed by atoms with Gasteiger partial charge in [0, 0.05) is 43.6 Å². The lowest BCUT2D eigenvalue weighted by Gasteiger charge is -2.31. The predicted molar refractivity (Wildman–Crippen MR) is 98.0 cm³/mol. The summed E-state index contributed by atoms with van der Waals surface area (Å²) in [5.74, 6) is -0.177. The van der Waals surface area contributed by atoms with Gasteiger partial charge in [0.25, 0.3) is 5.91 Å². The number of aryl methyl sites for hydroxylation is 2. The van der Waals surface area contributed by atoms with Crippen LogP contribution in [0, 0.1) is 6.92 Å². The molecule has 1 fully saturated rings. The van der Waals surface area contributed by atoms with E-state index in [1.807, 2.05) is 13.0 Å². The van der Waals surface area contributed by atoms with E-state index in [9.17, 15) is 13.2 Å². The minimum absolute atomic E-state index is 0.0660. The van der Waals surface area contributed by atoms with Gasteiger partial charge in [-0.05, 0) is 37.5 Å². The second-order valence-electron chi connectivity index (χ2n) is 6.58. The van der Waals surface area contributed by atoms with Crippen LogP contribution in [-0.2, 0) is 17.1 Å². The zero-order valence-corrected chi connectivity index (χ0v) is 15.7. The van der Waals surface area contributed by atoms with Crippen molar-refractivity contribution in [2.75, 3.05) is 18.8 Å². The SMILES string of the molecule is Cc1ccc(N)cc1C(=O)NC1CCN(S(=O)(=O)c2cnn(C)c2)CC1. The lowest BCUT2D eigenvalue weighted by Crippen LogP contribution is -2.46. The highest BCUT2D eigenvalue weighted by molar-refractivity contribution is 7.89. The molecule has 3 N–H and O–H groups in total. The maximum absolute atomic E-state index is 12.6. The van der Waals surface area contributed by atoms with Gasteiger partial charge in [-0.1, -0.05) is 6.07 Å². The van der Waals surface area contributed by atoms with Crippen LogP contribution in [0.2, 0.25) is 0 Å². The highest BCUT2D eigenvalue weighted by Gasteiger charge is 2.31. The van der Waals surface area contributed by atoms with Crippen molar-refractivity contribution in [1.82, 2.24) is 19.4 Å². The van der Waals surface area contributed by atoms with Crippen LogP contribution in [0.1, 0.15) is 28.8 Å². The molecule has 0 spiro atoms. The highest BCUT2D eigenvalue weighted by atomic mass is 32.2. The van der Waals surface area contributed by atoms with E-state index in [-0.39, 0.29) is 16.8 Å². The van der Waals surface area contributed by atoms with Crippen molar-refractivity contribution in [3.63, 3.8) is 0 Å². The van der Waals surface area contributed by atoms with Crippen molar-refractivity contribution in [3.05, 3.63) is 41.7 Å². The fraction of sp³-hybridized carbons (Fsp3) is 0.412. The Hall–Kier alpha value is -2.39. The summed E-state index contributed by atoms with van der Waals surface area (Å²) in [5.41, 5.74) is 7.71. The zero-order valence-electron chi connectivity index (χ0n) is 14.8. The van der Waals surface area contributed by atoms with Crippen molar-refractivity contribution >= 4 is 21.6 Å². The Balaban J connectivity index is 1.62. The minimum Gasteiger partial charge on any atom is -0.399 e. The number of nitrogens with two attached hydrogens (primary N) is 1. The van der Waals surface area contributed by atoms with Crippen molar-refractivity contribution in [3.8, 4) is 0 Å². The van der Waals surface area contributed by atoms with Gasteiger partial charge >= 0.3 is 0 Å². The number of nitrogens with zero attached hydrogens (tertiary/aromatic N) is 3. The molecule has 1 aliphatic rings. The molecule has 8 nitrogen and oxygen atoms in total. The van der Waals surface area contributed by atoms with Crippen LogP contribution >= 0.6 is 0 Å². The average molecular weight is 377 g/mol. The number of aromatic nitrogens is 2. The Kier molecular flexibility index (Phi) is 5.01. The number of carbonyl (C=O) groups is 1. The van der Waals surface area contributed by atoms with Crippen LogP contribution in [0.15, 0.2) is 35.5 Å². The van der Waals surface area contributed by atoms with Crippen molar-refractivity contribution in [2.45, 2.75) is 30.7 Å². The van der Waals surface area contributed by atoms with Crippen LogP contribution in [0.4, 0.5) is 5.69 Å². The van der Waals surface area contributed by atoms with Crippen LogP contribution in [-0.4, -0.2) is 47.5 Å². The molecular formula is C17H23N5O3S. The van der Waals surface area contributed by atoms with E-state index in [1.54, 1.807) is 19.2 Å². The van der Waals surface area contributed by atoms with Crippen molar-refractivity contribution in [1.29, 1.82) is 0 Å². The van der Waals surface area contributed by atoms with Crippen molar-refractivity contribution < 1.29 is 13.2 Å². The lowest BCUT2D eigenvalue weighted by atomic mass is 10.0. The second-order valence-corrected chi connectivity index (χ2v) is 8.51. The molecule has 3 rings (SSSR count). The fourth-order valence-electron chi connectivity index (χ4n) is 3.07. The maximum Gasteiger partial charge on any atom is 0.251 e. The number of hydrogen-bond acceptors (Lipinski definition) is 5. The van der Waals surface area contributed by atoms with E-state index in [0.29, 0.717) is 37.2 Å². The topological polar surface area (TPSA) is 110 Å². The normalized spacial score (nSPS) is 16.5. The molecule has 0 saturated carbocycles. The van der Waals surface area contributed by atoms with Gasteiger partial charge < -0.3 is 11.1 Å². The summed E-state index contributed by atoms with van der Waals surface area (Å²) >= 11 is 0. The molecule has 0 radical (unpaired) electrons. The molecule has 1 aromatic carbocycles. The summed E-state index contributed by atoms with van der Waals surface area (Å²) in [6.07, 6.45) is 3.97. The Bertz CT molecular complexity index is 914. The number of piperidine rings is 1. The van der Waals surface area contributed by atoms with Crippen LogP contribution in [0.3, 0.4) is 0 Å². The van der Waals surface area contributed by atoms with E-state index in [4.69, 9.17) is 5.73 Å². The molecule has 0 aliphatic carbocycles. The molecule has 0 bridgehead atoms. The summed E-state index contributed by atoms with van der Waals surface area (Å²) < 4.78 is 28.1. The van der Waals surface area contributed by atoms with Gasteiger partial charge in [0.1, 0.15) is 4.90 Å². The van der Waals surface area contributed by atoms with Crippen LogP contribution < -0.4 is 11.1 Å². The first-order valence-corrected chi connectivity index (χ1v) is 9.87. The molecule has 140 valence electrons. The molecule has 0 atom stereocenters. The lowest BCUT2D eigenvalue weighted by molar-refractivity contribution is 0.0923. The van der Waals surface area contributed by atoms with Gasteiger partial charge in [-0.3, -0.25) is 9.48 Å². The Labute approximate surface area is 153 Å². The van der Waals surface area contributed by atoms with Gasteiger partial charge in [-0.2, -0.15) is 9.40 Å². The highest BCUT2D eigenvalue weighted by Crippen LogP contribution is 2.21. The second kappa shape index (κ2) is 7.08. The van der Waals surface area contributed by atoms with Crippen molar-refractivity contribution in [2.24, 2.45) is 7.05 Å². The Morgan fingerprint density at radius 3 is 2.62 bits per heavy atom. The van der Waals surface area contributed by atoms with Gasteiger partial charge in [0.05, 0.1) is 6.20 Å². The first-order chi connectivity index (χ1) is 12.3. The van der Waals surface area contributed by atoms with Gasteiger partial charge in [-0.25, -0.2) is 8.42 Å². The minimum atomic E-state index is -3.54. The Morgan fingerprint density at radius 1 is 1.31 bits per heavy atom. The molecule has 0 unspecified atom stereocenters. The van der Waals surface area contributed by atoms with E-state index >= 15 is 0 Å². The van der Waals surface area contributed by atoms with Gasteiger partial charge in [0.15, 0.2) is 0 Å². The summed E-state index contributed by atoms with van der Waals surface area (Å²) in [6.45, 7) is 2.58. The maximum atomic E-state index is 12.6. The number of nitrogen functional groups attached to an aromatic ring is 1. The third-order valence-corrected chi connectivity index (χ3v) is 6.47. The monoisotopic (exact) mass is 377 g/mol. The smallest absolute Gasteiger partial charge is 0.251 e. The predicted octanol–water partition coefficient (Wildman–Crippen LogP) is 0.894. The molecule has 9 heteroatoms. The standard InChI is InChI=1S/C17H23N5O3S/c1-12-3-4-13(18)9-16(12)17(23)20-14-5-7-22(8-6-14)26(24,25)15-10-19-21(2)11-15/h3-4,9-11,14H,5-8,18H2,1-2H3,(H,20,23). The molecule has 26 heavy (non-hydrogen) atoms. The van der Waals surface area contributed by atoms with E-state index in [2.05, 4.69) is 10.4 Å².